The van der Waals surface area contributed by atoms with Gasteiger partial charge in [0, 0.05) is 5.56 Å². The molecule has 0 fully saturated rings. The Kier molecular flexibility index (Phi) is 5.89. The summed E-state index contributed by atoms with van der Waals surface area (Å²) in [6.07, 6.45) is 0. The fourth-order valence-electron chi connectivity index (χ4n) is 3.13. The molecule has 0 spiro atoms. The van der Waals surface area contributed by atoms with Crippen LogP contribution >= 0.6 is 0 Å². The van der Waals surface area contributed by atoms with Crippen molar-refractivity contribution in [2.24, 2.45) is 0 Å². The Hall–Kier alpha value is -3.87. The van der Waals surface area contributed by atoms with Crippen LogP contribution in [0.25, 0.3) is 11.0 Å². The third-order valence-electron chi connectivity index (χ3n) is 4.68. The van der Waals surface area contributed by atoms with Crippen molar-refractivity contribution in [1.82, 2.24) is 20.3 Å². The quantitative estimate of drug-likeness (QED) is 0.458. The van der Waals surface area contributed by atoms with Gasteiger partial charge in [-0.2, -0.15) is 0 Å². The van der Waals surface area contributed by atoms with Crippen LogP contribution in [0, 0.1) is 0 Å². The van der Waals surface area contributed by atoms with Crippen LogP contribution in [0.4, 0.5) is 0 Å². The molecule has 1 N–H and O–H groups in total. The number of amides is 1. The van der Waals surface area contributed by atoms with Gasteiger partial charge in [0.05, 0.1) is 25.7 Å². The number of nitrogens with zero attached hydrogens (tertiary/aromatic N) is 3. The Balaban J connectivity index is 1.30. The van der Waals surface area contributed by atoms with E-state index < -0.39 is 0 Å². The number of carbonyl (C=O) groups excluding carboxylic acids is 1. The second-order valence-corrected chi connectivity index (χ2v) is 6.69. The zero-order valence-corrected chi connectivity index (χ0v) is 16.6. The molecular weight excluding hydrogens is 380 g/mol. The fraction of sp³-hybridized carbons (Fsp3) is 0.174. The van der Waals surface area contributed by atoms with Gasteiger partial charge in [-0.3, -0.25) is 4.79 Å². The molecule has 0 aliphatic carbocycles. The highest BCUT2D eigenvalue weighted by Crippen LogP contribution is 2.25. The largest absolute Gasteiger partial charge is 0.493 e. The Morgan fingerprint density at radius 1 is 0.967 bits per heavy atom. The summed E-state index contributed by atoms with van der Waals surface area (Å²) in [4.78, 5) is 12.4. The molecule has 4 rings (SSSR count). The molecule has 7 nitrogen and oxygen atoms in total. The smallest absolute Gasteiger partial charge is 0.251 e. The molecule has 7 heteroatoms. The Labute approximate surface area is 174 Å². The molecule has 30 heavy (non-hydrogen) atoms. The maximum atomic E-state index is 12.4. The minimum absolute atomic E-state index is 0.142. The fourth-order valence-corrected chi connectivity index (χ4v) is 3.13. The number of fused-ring (bicyclic) bond motifs is 1. The van der Waals surface area contributed by atoms with Gasteiger partial charge in [-0.05, 0) is 42.0 Å². The first-order chi connectivity index (χ1) is 14.7. The van der Waals surface area contributed by atoms with E-state index in [0.717, 1.165) is 16.6 Å². The van der Waals surface area contributed by atoms with E-state index in [2.05, 4.69) is 15.6 Å². The van der Waals surface area contributed by atoms with Crippen molar-refractivity contribution >= 4 is 16.9 Å². The summed E-state index contributed by atoms with van der Waals surface area (Å²) in [5, 5.41) is 11.2. The lowest BCUT2D eigenvalue weighted by Gasteiger charge is -2.11. The van der Waals surface area contributed by atoms with Crippen LogP contribution in [0.5, 0.6) is 11.5 Å². The molecule has 0 unspecified atom stereocenters. The summed E-state index contributed by atoms with van der Waals surface area (Å²) in [6.45, 7) is 1.34. The standard InChI is InChI=1S/C23H22N4O3/c1-29-21-8-4-5-9-22(21)30-15-14-24-23(28)18-12-10-17(11-13-18)16-27-20-7-3-2-6-19(20)25-26-27/h2-13H,14-16H2,1H3,(H,24,28). The lowest BCUT2D eigenvalue weighted by atomic mass is 10.1. The number of para-hydroxylation sites is 3. The second kappa shape index (κ2) is 9.09. The highest BCUT2D eigenvalue weighted by atomic mass is 16.5. The highest BCUT2D eigenvalue weighted by Gasteiger charge is 2.08. The van der Waals surface area contributed by atoms with Crippen molar-refractivity contribution in [1.29, 1.82) is 0 Å². The molecule has 0 aliphatic rings. The van der Waals surface area contributed by atoms with Crippen LogP contribution < -0.4 is 14.8 Å². The Bertz CT molecular complexity index is 1140. The lowest BCUT2D eigenvalue weighted by Crippen LogP contribution is -2.28. The summed E-state index contributed by atoms with van der Waals surface area (Å²) in [7, 11) is 1.60. The number of ether oxygens (including phenoxy) is 2. The van der Waals surface area contributed by atoms with Crippen LogP contribution in [-0.4, -0.2) is 41.2 Å². The van der Waals surface area contributed by atoms with Gasteiger partial charge in [0.25, 0.3) is 5.91 Å². The zero-order chi connectivity index (χ0) is 20.8. The molecule has 0 aliphatic heterocycles. The van der Waals surface area contributed by atoms with Crippen molar-refractivity contribution < 1.29 is 14.3 Å². The van der Waals surface area contributed by atoms with E-state index in [1.54, 1.807) is 7.11 Å². The first kappa shape index (κ1) is 19.4. The van der Waals surface area contributed by atoms with Crippen molar-refractivity contribution in [2.45, 2.75) is 6.54 Å². The Morgan fingerprint density at radius 2 is 1.70 bits per heavy atom. The average molecular weight is 402 g/mol. The first-order valence-corrected chi connectivity index (χ1v) is 9.66. The third-order valence-corrected chi connectivity index (χ3v) is 4.68. The lowest BCUT2D eigenvalue weighted by molar-refractivity contribution is 0.0947. The van der Waals surface area contributed by atoms with Crippen LogP contribution in [0.3, 0.4) is 0 Å². The van der Waals surface area contributed by atoms with Crippen LogP contribution in [-0.2, 0) is 6.54 Å². The van der Waals surface area contributed by atoms with E-state index in [0.29, 0.717) is 36.8 Å². The molecule has 1 amide bonds. The topological polar surface area (TPSA) is 78.3 Å². The second-order valence-electron chi connectivity index (χ2n) is 6.69. The van der Waals surface area contributed by atoms with Gasteiger partial charge in [0.15, 0.2) is 11.5 Å². The van der Waals surface area contributed by atoms with Crippen molar-refractivity contribution in [3.8, 4) is 11.5 Å². The van der Waals surface area contributed by atoms with E-state index in [1.807, 2.05) is 77.5 Å². The van der Waals surface area contributed by atoms with Gasteiger partial charge in [0.2, 0.25) is 0 Å². The molecule has 1 aromatic heterocycles. The normalized spacial score (nSPS) is 10.7. The SMILES string of the molecule is COc1ccccc1OCCNC(=O)c1ccc(Cn2nnc3ccccc32)cc1. The van der Waals surface area contributed by atoms with E-state index >= 15 is 0 Å². The van der Waals surface area contributed by atoms with Crippen LogP contribution in [0.15, 0.2) is 72.8 Å². The van der Waals surface area contributed by atoms with E-state index in [-0.39, 0.29) is 5.91 Å². The number of carbonyl (C=O) groups is 1. The minimum Gasteiger partial charge on any atom is -0.493 e. The first-order valence-electron chi connectivity index (χ1n) is 9.66. The number of benzene rings is 3. The van der Waals surface area contributed by atoms with E-state index in [9.17, 15) is 4.79 Å². The van der Waals surface area contributed by atoms with Gasteiger partial charge >= 0.3 is 0 Å². The minimum atomic E-state index is -0.142. The number of rotatable bonds is 8. The summed E-state index contributed by atoms with van der Waals surface area (Å²) < 4.78 is 12.8. The van der Waals surface area contributed by atoms with Gasteiger partial charge in [-0.15, -0.1) is 5.10 Å². The molecule has 0 bridgehead atoms. The zero-order valence-electron chi connectivity index (χ0n) is 16.6. The van der Waals surface area contributed by atoms with Crippen LogP contribution in [0.1, 0.15) is 15.9 Å². The maximum Gasteiger partial charge on any atom is 0.251 e. The molecular formula is C23H22N4O3. The van der Waals surface area contributed by atoms with Gasteiger partial charge in [-0.1, -0.05) is 41.6 Å². The summed E-state index contributed by atoms with van der Waals surface area (Å²) in [6, 6.07) is 22.7. The molecule has 4 aromatic rings. The average Bonchev–Trinajstić information content (AvgIpc) is 3.20. The predicted octanol–water partition coefficient (Wildman–Crippen LogP) is 3.30. The number of hydrogen-bond donors (Lipinski definition) is 1. The summed E-state index contributed by atoms with van der Waals surface area (Å²) >= 11 is 0. The number of aromatic nitrogens is 3. The molecule has 0 saturated heterocycles. The maximum absolute atomic E-state index is 12.4. The molecule has 0 radical (unpaired) electrons. The van der Waals surface area contributed by atoms with Crippen LogP contribution in [0.2, 0.25) is 0 Å². The van der Waals surface area contributed by atoms with Crippen molar-refractivity contribution in [2.75, 3.05) is 20.3 Å². The molecule has 152 valence electrons. The van der Waals surface area contributed by atoms with Gasteiger partial charge < -0.3 is 14.8 Å². The van der Waals surface area contributed by atoms with Crippen molar-refractivity contribution in [3.63, 3.8) is 0 Å². The molecule has 3 aromatic carbocycles. The summed E-state index contributed by atoms with van der Waals surface area (Å²) in [5.74, 6) is 1.18. The third kappa shape index (κ3) is 4.41. The Morgan fingerprint density at radius 3 is 2.50 bits per heavy atom. The summed E-state index contributed by atoms with van der Waals surface area (Å²) in [5.41, 5.74) is 3.49. The molecule has 0 saturated carbocycles. The monoisotopic (exact) mass is 402 g/mol. The predicted molar refractivity (Wildman–Crippen MR) is 114 cm³/mol. The molecule has 1 heterocycles. The van der Waals surface area contributed by atoms with E-state index in [1.165, 1.54) is 0 Å². The number of hydrogen-bond acceptors (Lipinski definition) is 5. The highest BCUT2D eigenvalue weighted by molar-refractivity contribution is 5.94. The van der Waals surface area contributed by atoms with Gasteiger partial charge in [-0.25, -0.2) is 4.68 Å². The number of nitrogens with one attached hydrogen (secondary N) is 1. The number of methoxy groups -OCH3 is 1. The van der Waals surface area contributed by atoms with E-state index in [4.69, 9.17) is 9.47 Å². The van der Waals surface area contributed by atoms with Gasteiger partial charge in [0.1, 0.15) is 12.1 Å². The molecule has 0 atom stereocenters. The van der Waals surface area contributed by atoms with Crippen molar-refractivity contribution in [3.05, 3.63) is 83.9 Å².